The number of anilines is 1. The Hall–Kier alpha value is -2.62. The number of amides is 1. The highest BCUT2D eigenvalue weighted by atomic mass is 16.2. The highest BCUT2D eigenvalue weighted by Crippen LogP contribution is 2.39. The molecule has 1 aromatic heterocycles. The molecule has 118 valence electrons. The zero-order valence-electron chi connectivity index (χ0n) is 13.9. The third-order valence-corrected chi connectivity index (χ3v) is 4.32. The van der Waals surface area contributed by atoms with E-state index in [0.29, 0.717) is 0 Å². The first-order chi connectivity index (χ1) is 11.0. The second-order valence-electron chi connectivity index (χ2n) is 6.01. The average Bonchev–Trinajstić information content (AvgIpc) is 2.65. The largest absolute Gasteiger partial charge is 0.380 e. The van der Waals surface area contributed by atoms with E-state index < -0.39 is 0 Å². The van der Waals surface area contributed by atoms with Crippen molar-refractivity contribution in [2.75, 3.05) is 26.0 Å². The topological polar surface area (TPSA) is 36.4 Å². The molecule has 0 saturated carbocycles. The molecule has 4 heteroatoms. The van der Waals surface area contributed by atoms with E-state index in [1.54, 1.807) is 11.1 Å². The molecule has 1 aromatic carbocycles. The lowest BCUT2D eigenvalue weighted by atomic mass is 9.94. The Morgan fingerprint density at radius 1 is 1.09 bits per heavy atom. The van der Waals surface area contributed by atoms with Gasteiger partial charge in [-0.2, -0.15) is 0 Å². The molecule has 3 rings (SSSR count). The molecule has 0 spiro atoms. The second-order valence-corrected chi connectivity index (χ2v) is 6.01. The van der Waals surface area contributed by atoms with E-state index >= 15 is 0 Å². The Balaban J connectivity index is 2.31. The van der Waals surface area contributed by atoms with Crippen LogP contribution < -0.4 is 4.90 Å². The van der Waals surface area contributed by atoms with Gasteiger partial charge in [0, 0.05) is 39.0 Å². The number of hydrogen-bond donors (Lipinski definition) is 0. The number of rotatable bonds is 2. The van der Waals surface area contributed by atoms with Crippen molar-refractivity contribution < 1.29 is 4.79 Å². The van der Waals surface area contributed by atoms with Crippen LogP contribution in [-0.2, 0) is 4.79 Å². The lowest BCUT2D eigenvalue weighted by Gasteiger charge is -2.25. The van der Waals surface area contributed by atoms with Crippen molar-refractivity contribution in [3.8, 4) is 0 Å². The minimum atomic E-state index is -0.00139. The molecule has 0 N–H and O–H groups in total. The van der Waals surface area contributed by atoms with Gasteiger partial charge in [0.2, 0.25) is 0 Å². The van der Waals surface area contributed by atoms with Crippen LogP contribution in [0.4, 0.5) is 5.69 Å². The van der Waals surface area contributed by atoms with Crippen molar-refractivity contribution in [2.45, 2.75) is 12.8 Å². The van der Waals surface area contributed by atoms with Crippen molar-refractivity contribution >= 4 is 17.2 Å². The van der Waals surface area contributed by atoms with Crippen LogP contribution in [0.15, 0.2) is 54.4 Å². The molecule has 2 aromatic rings. The summed E-state index contributed by atoms with van der Waals surface area (Å²) in [5.41, 5.74) is 4.47. The van der Waals surface area contributed by atoms with Gasteiger partial charge in [-0.25, -0.2) is 0 Å². The number of allylic oxidation sites excluding steroid dienone is 1. The number of nitrogens with zero attached hydrogens (tertiary/aromatic N) is 3. The molecule has 2 heterocycles. The number of benzene rings is 1. The number of pyridine rings is 1. The SMILES string of the molecule is CC1C(N(C)C)=C(c2ccccc2)C(=O)N(C)c2cccnc21. The van der Waals surface area contributed by atoms with Crippen LogP contribution in [0.2, 0.25) is 0 Å². The summed E-state index contributed by atoms with van der Waals surface area (Å²) in [6.07, 6.45) is 1.79. The predicted octanol–water partition coefficient (Wildman–Crippen LogP) is 3.13. The van der Waals surface area contributed by atoms with Gasteiger partial charge in [-0.05, 0) is 17.7 Å². The number of carbonyl (C=O) groups excluding carboxylic acids is 1. The summed E-state index contributed by atoms with van der Waals surface area (Å²) >= 11 is 0. The van der Waals surface area contributed by atoms with Gasteiger partial charge in [-0.1, -0.05) is 37.3 Å². The zero-order valence-corrected chi connectivity index (χ0v) is 13.9. The zero-order chi connectivity index (χ0) is 16.6. The van der Waals surface area contributed by atoms with Crippen molar-refractivity contribution in [3.05, 3.63) is 65.6 Å². The van der Waals surface area contributed by atoms with E-state index in [1.165, 1.54) is 0 Å². The van der Waals surface area contributed by atoms with E-state index in [9.17, 15) is 4.79 Å². The first-order valence-corrected chi connectivity index (χ1v) is 7.72. The van der Waals surface area contributed by atoms with Gasteiger partial charge >= 0.3 is 0 Å². The van der Waals surface area contributed by atoms with Crippen molar-refractivity contribution in [2.24, 2.45) is 0 Å². The fraction of sp³-hybridized carbons (Fsp3) is 0.263. The molecule has 0 saturated heterocycles. The van der Waals surface area contributed by atoms with E-state index in [2.05, 4.69) is 11.9 Å². The first kappa shape index (κ1) is 15.3. The molecule has 1 aliphatic rings. The Labute approximate surface area is 137 Å². The molecule has 1 atom stereocenters. The Morgan fingerprint density at radius 2 is 1.78 bits per heavy atom. The average molecular weight is 307 g/mol. The fourth-order valence-electron chi connectivity index (χ4n) is 3.25. The van der Waals surface area contributed by atoms with Crippen LogP contribution in [0.25, 0.3) is 5.57 Å². The third kappa shape index (κ3) is 2.50. The molecular formula is C19H21N3O. The number of fused-ring (bicyclic) bond motifs is 1. The van der Waals surface area contributed by atoms with Gasteiger partial charge in [0.05, 0.1) is 17.0 Å². The number of hydrogen-bond acceptors (Lipinski definition) is 3. The minimum absolute atomic E-state index is 0.00139. The minimum Gasteiger partial charge on any atom is -0.380 e. The normalized spacial score (nSPS) is 17.8. The molecule has 23 heavy (non-hydrogen) atoms. The van der Waals surface area contributed by atoms with Crippen LogP contribution in [0.3, 0.4) is 0 Å². The summed E-state index contributed by atoms with van der Waals surface area (Å²) in [4.78, 5) is 21.5. The summed E-state index contributed by atoms with van der Waals surface area (Å²) in [5, 5.41) is 0. The summed E-state index contributed by atoms with van der Waals surface area (Å²) in [5.74, 6) is 0.0313. The van der Waals surface area contributed by atoms with Gasteiger partial charge in [0.25, 0.3) is 5.91 Å². The smallest absolute Gasteiger partial charge is 0.260 e. The maximum atomic E-state index is 13.2. The van der Waals surface area contributed by atoms with Crippen LogP contribution in [0.1, 0.15) is 24.1 Å². The Bertz CT molecular complexity index is 765. The maximum absolute atomic E-state index is 13.2. The quantitative estimate of drug-likeness (QED) is 0.855. The number of carbonyl (C=O) groups is 1. The lowest BCUT2D eigenvalue weighted by Crippen LogP contribution is -2.28. The van der Waals surface area contributed by atoms with Crippen LogP contribution >= 0.6 is 0 Å². The second kappa shape index (κ2) is 5.88. The maximum Gasteiger partial charge on any atom is 0.260 e. The third-order valence-electron chi connectivity index (χ3n) is 4.32. The van der Waals surface area contributed by atoms with E-state index in [-0.39, 0.29) is 11.8 Å². The van der Waals surface area contributed by atoms with E-state index in [0.717, 1.165) is 28.2 Å². The molecule has 0 bridgehead atoms. The lowest BCUT2D eigenvalue weighted by molar-refractivity contribution is -0.113. The van der Waals surface area contributed by atoms with Crippen LogP contribution in [0.5, 0.6) is 0 Å². The molecule has 1 unspecified atom stereocenters. The van der Waals surface area contributed by atoms with Crippen LogP contribution in [-0.4, -0.2) is 36.9 Å². The highest BCUT2D eigenvalue weighted by Gasteiger charge is 2.33. The standard InChI is InChI=1S/C19H21N3O/c1-13-17-15(11-8-12-20-17)22(4)19(23)16(18(13)21(2)3)14-9-6-5-7-10-14/h5-13H,1-4H3. The molecule has 1 aliphatic heterocycles. The van der Waals surface area contributed by atoms with Gasteiger partial charge in [0.15, 0.2) is 0 Å². The Kier molecular flexibility index (Phi) is 3.90. The predicted molar refractivity (Wildman–Crippen MR) is 93.1 cm³/mol. The molecular weight excluding hydrogens is 286 g/mol. The molecule has 0 fully saturated rings. The number of likely N-dealkylation sites (N-methyl/N-ethyl adjacent to an activating group) is 2. The van der Waals surface area contributed by atoms with Gasteiger partial charge in [-0.15, -0.1) is 0 Å². The van der Waals surface area contributed by atoms with Crippen molar-refractivity contribution in [3.63, 3.8) is 0 Å². The summed E-state index contributed by atoms with van der Waals surface area (Å²) < 4.78 is 0. The van der Waals surface area contributed by atoms with Crippen molar-refractivity contribution in [1.29, 1.82) is 0 Å². The summed E-state index contributed by atoms with van der Waals surface area (Å²) in [7, 11) is 5.78. The van der Waals surface area contributed by atoms with Crippen LogP contribution in [0, 0.1) is 0 Å². The van der Waals surface area contributed by atoms with Gasteiger partial charge in [0.1, 0.15) is 0 Å². The molecule has 1 amide bonds. The van der Waals surface area contributed by atoms with Crippen molar-refractivity contribution in [1.82, 2.24) is 9.88 Å². The van der Waals surface area contributed by atoms with Gasteiger partial charge in [-0.3, -0.25) is 9.78 Å². The van der Waals surface area contributed by atoms with E-state index in [1.807, 2.05) is 68.5 Å². The van der Waals surface area contributed by atoms with E-state index in [4.69, 9.17) is 0 Å². The highest BCUT2D eigenvalue weighted by molar-refractivity contribution is 6.27. The van der Waals surface area contributed by atoms with Gasteiger partial charge < -0.3 is 9.80 Å². The first-order valence-electron chi connectivity index (χ1n) is 7.72. The molecule has 0 aliphatic carbocycles. The summed E-state index contributed by atoms with van der Waals surface area (Å²) in [6.45, 7) is 2.11. The summed E-state index contributed by atoms with van der Waals surface area (Å²) in [6, 6.07) is 13.7. The molecule has 4 nitrogen and oxygen atoms in total. The fourth-order valence-corrected chi connectivity index (χ4v) is 3.25. The monoisotopic (exact) mass is 307 g/mol. The number of aromatic nitrogens is 1. The molecule has 0 radical (unpaired) electrons. The Morgan fingerprint density at radius 3 is 2.43 bits per heavy atom.